The maximum absolute atomic E-state index is 12.0. The van der Waals surface area contributed by atoms with E-state index in [0.29, 0.717) is 30.2 Å². The third-order valence-corrected chi connectivity index (χ3v) is 4.55. The Morgan fingerprint density at radius 3 is 1.97 bits per heavy atom. The highest BCUT2D eigenvalue weighted by molar-refractivity contribution is 5.97. The Bertz CT molecular complexity index is 1070. The number of esters is 2. The van der Waals surface area contributed by atoms with E-state index < -0.39 is 17.9 Å². The first-order valence-electron chi connectivity index (χ1n) is 9.35. The molecule has 3 aromatic rings. The molecule has 3 rings (SSSR count). The number of nitrogens with one attached hydrogen (secondary N) is 1. The number of carboxylic acids is 1. The molecule has 1 aromatic heterocycles. The van der Waals surface area contributed by atoms with Crippen LogP contribution in [0.3, 0.4) is 0 Å². The van der Waals surface area contributed by atoms with E-state index in [1.54, 1.807) is 48.5 Å². The van der Waals surface area contributed by atoms with Gasteiger partial charge in [-0.3, -0.25) is 0 Å². The van der Waals surface area contributed by atoms with E-state index in [9.17, 15) is 14.4 Å². The minimum atomic E-state index is -0.964. The number of ether oxygens (including phenoxy) is 2. The molecule has 0 radical (unpaired) electrons. The van der Waals surface area contributed by atoms with Crippen LogP contribution in [0.25, 0.3) is 11.3 Å². The van der Waals surface area contributed by atoms with Gasteiger partial charge in [0.25, 0.3) is 0 Å². The number of rotatable bonds is 8. The number of carboxylic acid groups (broad SMARTS) is 1. The van der Waals surface area contributed by atoms with Crippen LogP contribution in [-0.2, 0) is 22.6 Å². The molecule has 2 N–H and O–H groups in total. The van der Waals surface area contributed by atoms with Crippen molar-refractivity contribution in [3.05, 3.63) is 82.6 Å². The van der Waals surface area contributed by atoms with Crippen LogP contribution in [-0.4, -0.2) is 37.2 Å². The number of halogens is 1. The van der Waals surface area contributed by atoms with Gasteiger partial charge < -0.3 is 24.3 Å². The van der Waals surface area contributed by atoms with E-state index in [-0.39, 0.29) is 29.1 Å². The highest BCUT2D eigenvalue weighted by Gasteiger charge is 2.16. The molecule has 0 amide bonds. The normalized spacial score (nSPS) is 10.2. The second kappa shape index (κ2) is 11.1. The monoisotopic (exact) mass is 459 g/mol. The SMILES string of the molecule is COC(=O)c1cc(C(=O)OC)cc(-c2ccc(CNCc3ccc(C(=O)O)cc3)o2)c1.Cl. The van der Waals surface area contributed by atoms with Crippen LogP contribution in [0.4, 0.5) is 0 Å². The summed E-state index contributed by atoms with van der Waals surface area (Å²) in [6, 6.07) is 14.7. The summed E-state index contributed by atoms with van der Waals surface area (Å²) < 4.78 is 15.4. The summed E-state index contributed by atoms with van der Waals surface area (Å²) in [7, 11) is 2.53. The van der Waals surface area contributed by atoms with Crippen molar-refractivity contribution in [1.29, 1.82) is 0 Å². The van der Waals surface area contributed by atoms with Gasteiger partial charge in [-0.2, -0.15) is 0 Å². The maximum atomic E-state index is 12.0. The van der Waals surface area contributed by atoms with Gasteiger partial charge in [0.2, 0.25) is 0 Å². The van der Waals surface area contributed by atoms with Crippen molar-refractivity contribution in [3.8, 4) is 11.3 Å². The molecule has 0 atom stereocenters. The highest BCUT2D eigenvalue weighted by atomic mass is 35.5. The molecular weight excluding hydrogens is 438 g/mol. The third-order valence-electron chi connectivity index (χ3n) is 4.55. The number of methoxy groups -OCH3 is 2. The number of carbonyl (C=O) groups excluding carboxylic acids is 2. The van der Waals surface area contributed by atoms with E-state index in [1.807, 2.05) is 0 Å². The average Bonchev–Trinajstić information content (AvgIpc) is 3.27. The van der Waals surface area contributed by atoms with Crippen LogP contribution in [0.2, 0.25) is 0 Å². The Balaban J connectivity index is 0.00000363. The molecule has 0 aliphatic rings. The summed E-state index contributed by atoms with van der Waals surface area (Å²) in [6.07, 6.45) is 0. The Morgan fingerprint density at radius 2 is 1.44 bits per heavy atom. The summed E-state index contributed by atoms with van der Waals surface area (Å²) in [5, 5.41) is 12.2. The first-order valence-corrected chi connectivity index (χ1v) is 9.35. The maximum Gasteiger partial charge on any atom is 0.337 e. The van der Waals surface area contributed by atoms with Gasteiger partial charge in [0.05, 0.1) is 37.5 Å². The average molecular weight is 460 g/mol. The van der Waals surface area contributed by atoms with Crippen molar-refractivity contribution in [2.75, 3.05) is 14.2 Å². The number of benzene rings is 2. The number of hydrogen-bond acceptors (Lipinski definition) is 7. The number of furan rings is 1. The lowest BCUT2D eigenvalue weighted by Gasteiger charge is -2.07. The Morgan fingerprint density at radius 1 is 0.844 bits per heavy atom. The second-order valence-electron chi connectivity index (χ2n) is 6.65. The molecule has 8 nitrogen and oxygen atoms in total. The highest BCUT2D eigenvalue weighted by Crippen LogP contribution is 2.26. The van der Waals surface area contributed by atoms with Crippen LogP contribution < -0.4 is 5.32 Å². The number of aromatic carboxylic acids is 1. The molecule has 0 aliphatic heterocycles. The molecule has 0 saturated carbocycles. The predicted molar refractivity (Wildman–Crippen MR) is 118 cm³/mol. The molecule has 1 heterocycles. The van der Waals surface area contributed by atoms with Crippen LogP contribution in [0.1, 0.15) is 42.4 Å². The van der Waals surface area contributed by atoms with Gasteiger partial charge in [0.1, 0.15) is 11.5 Å². The van der Waals surface area contributed by atoms with E-state index in [1.165, 1.54) is 20.3 Å². The minimum absolute atomic E-state index is 0. The standard InChI is InChI=1S/C23H21NO7.ClH/c1-29-22(27)17-9-16(10-18(11-17)23(28)30-2)20-8-7-19(31-20)13-24-12-14-3-5-15(6-4-14)21(25)26;/h3-11,24H,12-13H2,1-2H3,(H,25,26);1H. The first kappa shape index (κ1) is 24.6. The summed E-state index contributed by atoms with van der Waals surface area (Å²) >= 11 is 0. The zero-order valence-electron chi connectivity index (χ0n) is 17.4. The molecule has 168 valence electrons. The van der Waals surface area contributed by atoms with Crippen molar-refractivity contribution in [2.24, 2.45) is 0 Å². The van der Waals surface area contributed by atoms with E-state index >= 15 is 0 Å². The Labute approximate surface area is 190 Å². The van der Waals surface area contributed by atoms with Gasteiger partial charge in [-0.1, -0.05) is 12.1 Å². The molecule has 0 fully saturated rings. The number of hydrogen-bond donors (Lipinski definition) is 2. The second-order valence-corrected chi connectivity index (χ2v) is 6.65. The van der Waals surface area contributed by atoms with Crippen LogP contribution in [0, 0.1) is 0 Å². The predicted octanol–water partition coefficient (Wildman–Crippen LogP) is 3.93. The third kappa shape index (κ3) is 5.96. The molecule has 2 aromatic carbocycles. The first-order chi connectivity index (χ1) is 14.9. The largest absolute Gasteiger partial charge is 0.478 e. The van der Waals surface area contributed by atoms with Crippen molar-refractivity contribution >= 4 is 30.3 Å². The van der Waals surface area contributed by atoms with E-state index in [0.717, 1.165) is 5.56 Å². The molecule has 0 spiro atoms. The van der Waals surface area contributed by atoms with E-state index in [2.05, 4.69) is 5.32 Å². The fourth-order valence-corrected chi connectivity index (χ4v) is 2.96. The van der Waals surface area contributed by atoms with Crippen molar-refractivity contribution in [1.82, 2.24) is 5.32 Å². The Kier molecular flexibility index (Phi) is 8.57. The molecule has 0 unspecified atom stereocenters. The quantitative estimate of drug-likeness (QED) is 0.487. The fourth-order valence-electron chi connectivity index (χ4n) is 2.96. The van der Waals surface area contributed by atoms with Crippen molar-refractivity contribution in [2.45, 2.75) is 13.1 Å². The Hall–Kier alpha value is -3.62. The van der Waals surface area contributed by atoms with E-state index in [4.69, 9.17) is 19.0 Å². The topological polar surface area (TPSA) is 115 Å². The van der Waals surface area contributed by atoms with Crippen molar-refractivity contribution < 1.29 is 33.4 Å². The summed E-state index contributed by atoms with van der Waals surface area (Å²) in [4.78, 5) is 34.8. The number of carbonyl (C=O) groups is 3. The van der Waals surface area contributed by atoms with Gasteiger partial charge >= 0.3 is 17.9 Å². The molecule has 0 saturated heterocycles. The van der Waals surface area contributed by atoms with Crippen LogP contribution in [0.15, 0.2) is 59.0 Å². The van der Waals surface area contributed by atoms with Gasteiger partial charge in [-0.25, -0.2) is 14.4 Å². The zero-order chi connectivity index (χ0) is 22.4. The van der Waals surface area contributed by atoms with Crippen molar-refractivity contribution in [3.63, 3.8) is 0 Å². The van der Waals surface area contributed by atoms with Gasteiger partial charge in [0.15, 0.2) is 0 Å². The van der Waals surface area contributed by atoms with Gasteiger partial charge in [-0.15, -0.1) is 12.4 Å². The molecule has 32 heavy (non-hydrogen) atoms. The van der Waals surface area contributed by atoms with Crippen LogP contribution in [0.5, 0.6) is 0 Å². The summed E-state index contributed by atoms with van der Waals surface area (Å²) in [6.45, 7) is 0.960. The fraction of sp³-hybridized carbons (Fsp3) is 0.174. The van der Waals surface area contributed by atoms with Gasteiger partial charge in [-0.05, 0) is 48.0 Å². The lowest BCUT2D eigenvalue weighted by molar-refractivity contribution is 0.0597. The van der Waals surface area contributed by atoms with Crippen LogP contribution >= 0.6 is 12.4 Å². The smallest absolute Gasteiger partial charge is 0.337 e. The lowest BCUT2D eigenvalue weighted by atomic mass is 10.0. The minimum Gasteiger partial charge on any atom is -0.478 e. The molecule has 0 bridgehead atoms. The lowest BCUT2D eigenvalue weighted by Crippen LogP contribution is -2.12. The molecule has 0 aliphatic carbocycles. The summed E-state index contributed by atoms with van der Waals surface area (Å²) in [5.41, 5.74) is 2.13. The zero-order valence-corrected chi connectivity index (χ0v) is 18.2. The molecular formula is C23H22ClNO7. The molecule has 9 heteroatoms. The summed E-state index contributed by atoms with van der Waals surface area (Å²) in [5.74, 6) is -0.975. The van der Waals surface area contributed by atoms with Gasteiger partial charge in [0, 0.05) is 12.1 Å².